The van der Waals surface area contributed by atoms with Gasteiger partial charge in [-0.15, -0.1) is 11.8 Å². The lowest BCUT2D eigenvalue weighted by atomic mass is 10.1. The molecular formula is C35H32ClN3O2S. The maximum absolute atomic E-state index is 14.2. The average molecular weight is 594 g/mol. The fourth-order valence-electron chi connectivity index (χ4n) is 5.75. The predicted octanol–water partition coefficient (Wildman–Crippen LogP) is 8.12. The normalized spacial score (nSPS) is 12.7. The van der Waals surface area contributed by atoms with E-state index in [1.165, 1.54) is 11.1 Å². The Labute approximate surface area is 256 Å². The van der Waals surface area contributed by atoms with Crippen LogP contribution in [0.4, 0.5) is 0 Å². The number of aromatic nitrogens is 2. The molecule has 1 aliphatic carbocycles. The van der Waals surface area contributed by atoms with E-state index in [0.29, 0.717) is 23.7 Å². The van der Waals surface area contributed by atoms with Gasteiger partial charge in [-0.3, -0.25) is 4.79 Å². The molecule has 0 N–H and O–H groups in total. The highest BCUT2D eigenvalue weighted by Gasteiger charge is 2.29. The third-order valence-corrected chi connectivity index (χ3v) is 8.93. The monoisotopic (exact) mass is 593 g/mol. The Hall–Kier alpha value is -4.00. The van der Waals surface area contributed by atoms with E-state index in [0.717, 1.165) is 46.1 Å². The quantitative estimate of drug-likeness (QED) is 0.162. The molecule has 0 aliphatic heterocycles. The van der Waals surface area contributed by atoms with Gasteiger partial charge in [0, 0.05) is 23.0 Å². The Morgan fingerprint density at radius 2 is 1.64 bits per heavy atom. The van der Waals surface area contributed by atoms with Gasteiger partial charge in [-0.05, 0) is 66.1 Å². The lowest BCUT2D eigenvalue weighted by Crippen LogP contribution is -2.32. The van der Waals surface area contributed by atoms with Crippen LogP contribution in [0.3, 0.4) is 0 Å². The standard InChI is InChI=1S/C35H32ClN3O2S/c1-41-30-14-12-24(13-15-30)22-38(35(40)32-20-31(42-2)16-17-33(32)36)23-29-21-37-34(25-8-4-3-5-9-25)39(29)28-18-26-10-6-7-11-27(26)19-28/h3-17,20-21,28H,18-19,22-23H2,1-2H3. The van der Waals surface area contributed by atoms with Crippen molar-refractivity contribution in [2.24, 2.45) is 0 Å². The molecule has 0 spiro atoms. The number of amides is 1. The van der Waals surface area contributed by atoms with Crippen molar-refractivity contribution in [1.29, 1.82) is 0 Å². The van der Waals surface area contributed by atoms with Gasteiger partial charge in [0.15, 0.2) is 0 Å². The number of ether oxygens (including phenoxy) is 1. The lowest BCUT2D eigenvalue weighted by Gasteiger charge is -2.26. The molecule has 0 unspecified atom stereocenters. The summed E-state index contributed by atoms with van der Waals surface area (Å²) >= 11 is 8.21. The van der Waals surface area contributed by atoms with Crippen LogP contribution >= 0.6 is 23.4 Å². The Bertz CT molecular complexity index is 1680. The molecule has 0 saturated heterocycles. The van der Waals surface area contributed by atoms with E-state index in [1.54, 1.807) is 24.9 Å². The third-order valence-electron chi connectivity index (χ3n) is 7.88. The second-order valence-electron chi connectivity index (χ2n) is 10.5. The van der Waals surface area contributed by atoms with Crippen LogP contribution in [0.25, 0.3) is 11.4 Å². The van der Waals surface area contributed by atoms with Gasteiger partial charge in [0.25, 0.3) is 5.91 Å². The summed E-state index contributed by atoms with van der Waals surface area (Å²) in [6, 6.07) is 32.6. The number of nitrogens with zero attached hydrogens (tertiary/aromatic N) is 3. The maximum atomic E-state index is 14.2. The maximum Gasteiger partial charge on any atom is 0.256 e. The van der Waals surface area contributed by atoms with Gasteiger partial charge in [-0.25, -0.2) is 4.98 Å². The molecule has 0 saturated carbocycles. The van der Waals surface area contributed by atoms with Gasteiger partial charge in [-0.1, -0.05) is 78.3 Å². The van der Waals surface area contributed by atoms with E-state index in [-0.39, 0.29) is 11.9 Å². The molecule has 0 atom stereocenters. The zero-order valence-electron chi connectivity index (χ0n) is 23.7. The Morgan fingerprint density at radius 3 is 2.31 bits per heavy atom. The van der Waals surface area contributed by atoms with Crippen molar-refractivity contribution in [2.75, 3.05) is 13.4 Å². The van der Waals surface area contributed by atoms with Crippen LogP contribution in [-0.2, 0) is 25.9 Å². The summed E-state index contributed by atoms with van der Waals surface area (Å²) in [5, 5.41) is 0.447. The molecule has 7 heteroatoms. The van der Waals surface area contributed by atoms with Crippen molar-refractivity contribution in [2.45, 2.75) is 36.9 Å². The Kier molecular flexibility index (Phi) is 8.36. The molecule has 212 valence electrons. The van der Waals surface area contributed by atoms with Gasteiger partial charge in [0.05, 0.1) is 36.1 Å². The fourth-order valence-corrected chi connectivity index (χ4v) is 6.39. The zero-order chi connectivity index (χ0) is 29.1. The molecule has 1 aliphatic rings. The highest BCUT2D eigenvalue weighted by molar-refractivity contribution is 7.98. The first-order valence-electron chi connectivity index (χ1n) is 14.0. The number of rotatable bonds is 9. The molecule has 5 nitrogen and oxygen atoms in total. The zero-order valence-corrected chi connectivity index (χ0v) is 25.2. The number of thioether (sulfide) groups is 1. The smallest absolute Gasteiger partial charge is 0.256 e. The van der Waals surface area contributed by atoms with Crippen LogP contribution in [-0.4, -0.2) is 33.7 Å². The number of carbonyl (C=O) groups is 1. The van der Waals surface area contributed by atoms with E-state index in [4.69, 9.17) is 21.3 Å². The van der Waals surface area contributed by atoms with Crippen molar-refractivity contribution in [3.63, 3.8) is 0 Å². The molecule has 0 bridgehead atoms. The number of benzene rings is 4. The van der Waals surface area contributed by atoms with Crippen LogP contribution in [0.5, 0.6) is 5.75 Å². The van der Waals surface area contributed by atoms with Crippen molar-refractivity contribution in [3.05, 3.63) is 136 Å². The van der Waals surface area contributed by atoms with Crippen molar-refractivity contribution in [3.8, 4) is 17.1 Å². The minimum Gasteiger partial charge on any atom is -0.497 e. The summed E-state index contributed by atoms with van der Waals surface area (Å²) < 4.78 is 7.71. The minimum atomic E-state index is -0.115. The van der Waals surface area contributed by atoms with E-state index in [2.05, 4.69) is 41.0 Å². The first-order chi connectivity index (χ1) is 20.5. The van der Waals surface area contributed by atoms with Crippen LogP contribution in [0.15, 0.2) is 108 Å². The number of methoxy groups -OCH3 is 1. The second kappa shape index (κ2) is 12.5. The molecule has 1 amide bonds. The van der Waals surface area contributed by atoms with E-state index >= 15 is 0 Å². The number of imidazole rings is 1. The van der Waals surface area contributed by atoms with Gasteiger partial charge in [-0.2, -0.15) is 0 Å². The molecular weight excluding hydrogens is 562 g/mol. The molecule has 1 heterocycles. The molecule has 0 fully saturated rings. The van der Waals surface area contributed by atoms with Crippen LogP contribution < -0.4 is 4.74 Å². The van der Waals surface area contributed by atoms with Crippen molar-refractivity contribution < 1.29 is 9.53 Å². The highest BCUT2D eigenvalue weighted by Crippen LogP contribution is 2.35. The van der Waals surface area contributed by atoms with Gasteiger partial charge in [0.1, 0.15) is 11.6 Å². The minimum absolute atomic E-state index is 0.115. The molecule has 1 aromatic heterocycles. The summed E-state index contributed by atoms with van der Waals surface area (Å²) in [4.78, 5) is 22.0. The number of halogens is 1. The molecule has 5 aromatic rings. The topological polar surface area (TPSA) is 47.4 Å². The van der Waals surface area contributed by atoms with E-state index < -0.39 is 0 Å². The van der Waals surface area contributed by atoms with E-state index in [1.807, 2.05) is 71.9 Å². The largest absolute Gasteiger partial charge is 0.497 e. The molecule has 0 radical (unpaired) electrons. The average Bonchev–Trinajstić information content (AvgIpc) is 3.65. The Morgan fingerprint density at radius 1 is 0.952 bits per heavy atom. The Balaban J connectivity index is 1.41. The predicted molar refractivity (Wildman–Crippen MR) is 170 cm³/mol. The molecule has 4 aromatic carbocycles. The van der Waals surface area contributed by atoms with Crippen LogP contribution in [0, 0.1) is 0 Å². The summed E-state index contributed by atoms with van der Waals surface area (Å²) in [6.07, 6.45) is 5.77. The van der Waals surface area contributed by atoms with Gasteiger partial charge >= 0.3 is 0 Å². The van der Waals surface area contributed by atoms with Gasteiger partial charge in [0.2, 0.25) is 0 Å². The first-order valence-corrected chi connectivity index (χ1v) is 15.6. The van der Waals surface area contributed by atoms with Gasteiger partial charge < -0.3 is 14.2 Å². The summed E-state index contributed by atoms with van der Waals surface area (Å²) in [7, 11) is 1.65. The summed E-state index contributed by atoms with van der Waals surface area (Å²) in [6.45, 7) is 0.802. The number of hydrogen-bond donors (Lipinski definition) is 0. The second-order valence-corrected chi connectivity index (χ2v) is 11.8. The number of hydrogen-bond acceptors (Lipinski definition) is 4. The van der Waals surface area contributed by atoms with Crippen molar-refractivity contribution >= 4 is 29.3 Å². The number of fused-ring (bicyclic) bond motifs is 1. The lowest BCUT2D eigenvalue weighted by molar-refractivity contribution is 0.0725. The summed E-state index contributed by atoms with van der Waals surface area (Å²) in [5.41, 5.74) is 6.29. The van der Waals surface area contributed by atoms with Crippen LogP contribution in [0.2, 0.25) is 5.02 Å². The molecule has 6 rings (SSSR count). The SMILES string of the molecule is COc1ccc(CN(Cc2cnc(-c3ccccc3)n2C2Cc3ccccc3C2)C(=O)c2cc(SC)ccc2Cl)cc1. The van der Waals surface area contributed by atoms with E-state index in [9.17, 15) is 4.79 Å². The highest BCUT2D eigenvalue weighted by atomic mass is 35.5. The third kappa shape index (κ3) is 5.83. The van der Waals surface area contributed by atoms with Crippen LogP contribution in [0.1, 0.15) is 38.8 Å². The fraction of sp³-hybridized carbons (Fsp3) is 0.200. The summed E-state index contributed by atoms with van der Waals surface area (Å²) in [5.74, 6) is 1.58. The van der Waals surface area contributed by atoms with Crippen molar-refractivity contribution in [1.82, 2.24) is 14.5 Å². The molecule has 42 heavy (non-hydrogen) atoms. The first kappa shape index (κ1) is 28.1. The number of carbonyl (C=O) groups excluding carboxylic acids is 1.